The van der Waals surface area contributed by atoms with Gasteiger partial charge in [-0.1, -0.05) is 13.0 Å². The second-order valence-electron chi connectivity index (χ2n) is 9.19. The van der Waals surface area contributed by atoms with E-state index in [0.29, 0.717) is 58.6 Å². The summed E-state index contributed by atoms with van der Waals surface area (Å²) in [5.41, 5.74) is 6.91. The number of nitrogens with two attached hydrogens (primary N) is 1. The van der Waals surface area contributed by atoms with Crippen LogP contribution in [0.2, 0.25) is 0 Å². The maximum absolute atomic E-state index is 14.3. The van der Waals surface area contributed by atoms with Crippen molar-refractivity contribution >= 4 is 34.1 Å². The minimum Gasteiger partial charge on any atom is -0.493 e. The minimum absolute atomic E-state index is 0.0285. The van der Waals surface area contributed by atoms with E-state index in [1.165, 1.54) is 18.5 Å². The van der Waals surface area contributed by atoms with Crippen LogP contribution in [0.1, 0.15) is 25.5 Å². The Bertz CT molecular complexity index is 1430. The van der Waals surface area contributed by atoms with Crippen LogP contribution in [0.4, 0.5) is 21.7 Å². The van der Waals surface area contributed by atoms with E-state index in [4.69, 9.17) is 15.2 Å². The monoisotopic (exact) mass is 551 g/mol. The lowest BCUT2D eigenvalue weighted by atomic mass is 10.1. The van der Waals surface area contributed by atoms with E-state index in [0.717, 1.165) is 25.9 Å². The number of ether oxygens (including phenoxy) is 2. The van der Waals surface area contributed by atoms with Crippen molar-refractivity contribution in [2.24, 2.45) is 5.73 Å². The fourth-order valence-electron chi connectivity index (χ4n) is 4.48. The van der Waals surface area contributed by atoms with Crippen molar-refractivity contribution in [3.05, 3.63) is 60.3 Å². The first-order valence-corrected chi connectivity index (χ1v) is 13.1. The number of fused-ring (bicyclic) bond motifs is 1. The van der Waals surface area contributed by atoms with Crippen molar-refractivity contribution in [1.29, 1.82) is 0 Å². The molecule has 0 atom stereocenters. The fraction of sp³-hybridized carbons (Fsp3) is 0.357. The predicted octanol–water partition coefficient (Wildman–Crippen LogP) is 3.47. The zero-order valence-electron chi connectivity index (χ0n) is 22.6. The molecular formula is C28H34FN7O4. The molecule has 0 saturated carbocycles. The smallest absolute Gasteiger partial charge is 0.223 e. The Morgan fingerprint density at radius 1 is 1.12 bits per heavy atom. The second kappa shape index (κ2) is 13.7. The van der Waals surface area contributed by atoms with Crippen LogP contribution in [-0.4, -0.2) is 76.0 Å². The normalized spacial score (nSPS) is 11.2. The lowest BCUT2D eigenvalue weighted by Gasteiger charge is -2.23. The number of aromatic amines is 1. The third kappa shape index (κ3) is 7.01. The number of H-pyrrole nitrogens is 1. The Kier molecular flexibility index (Phi) is 9.81. The van der Waals surface area contributed by atoms with E-state index in [2.05, 4.69) is 32.0 Å². The number of amides is 1. The van der Waals surface area contributed by atoms with Crippen LogP contribution in [0, 0.1) is 5.82 Å². The Morgan fingerprint density at radius 3 is 2.70 bits per heavy atom. The minimum atomic E-state index is -0.510. The van der Waals surface area contributed by atoms with E-state index in [1.807, 2.05) is 0 Å². The highest BCUT2D eigenvalue weighted by atomic mass is 19.1. The third-order valence-corrected chi connectivity index (χ3v) is 6.22. The number of nitrogens with one attached hydrogen (secondary N) is 1. The first kappa shape index (κ1) is 28.7. The molecule has 0 spiro atoms. The summed E-state index contributed by atoms with van der Waals surface area (Å²) in [6, 6.07) is 11.3. The average Bonchev–Trinajstić information content (AvgIpc) is 3.38. The van der Waals surface area contributed by atoms with E-state index in [1.54, 1.807) is 42.3 Å². The van der Waals surface area contributed by atoms with Crippen molar-refractivity contribution in [2.45, 2.75) is 26.2 Å². The lowest BCUT2D eigenvalue weighted by Crippen LogP contribution is -2.29. The Morgan fingerprint density at radius 2 is 1.98 bits per heavy atom. The molecule has 2 heterocycles. The third-order valence-electron chi connectivity index (χ3n) is 6.22. The van der Waals surface area contributed by atoms with E-state index < -0.39 is 11.7 Å². The van der Waals surface area contributed by atoms with Crippen molar-refractivity contribution in [3.8, 4) is 11.5 Å². The number of carbonyl (C=O) groups excluding carboxylic acids is 1. The standard InChI is InChI=1S/C28H34FN7O4/c1-3-8-35(10-11-37)9-5-12-40-25-17-23-22(16-24(25)39-2)28(32-18-31-23)36(21-7-4-6-19(29)13-21)27-15-20(33-34-27)14-26(30)38/h4,6-7,13,15-18,37H,3,5,8-12,14H2,1-2H3,(H2,30,38)(H,33,34). The molecule has 1 amide bonds. The summed E-state index contributed by atoms with van der Waals surface area (Å²) in [6.07, 6.45) is 3.17. The first-order valence-electron chi connectivity index (χ1n) is 13.1. The number of nitrogens with zero attached hydrogens (tertiary/aromatic N) is 5. The number of halogens is 1. The molecule has 0 unspecified atom stereocenters. The van der Waals surface area contributed by atoms with Gasteiger partial charge in [-0.2, -0.15) is 5.10 Å². The number of aliphatic hydroxyl groups excluding tert-OH is 1. The molecule has 4 aromatic rings. The molecule has 0 radical (unpaired) electrons. The molecule has 2 aromatic carbocycles. The summed E-state index contributed by atoms with van der Waals surface area (Å²) in [5.74, 6) is 0.893. The molecular weight excluding hydrogens is 517 g/mol. The van der Waals surface area contributed by atoms with Gasteiger partial charge >= 0.3 is 0 Å². The van der Waals surface area contributed by atoms with Gasteiger partial charge in [0, 0.05) is 36.3 Å². The van der Waals surface area contributed by atoms with Gasteiger partial charge in [0.1, 0.15) is 18.0 Å². The number of benzene rings is 2. The van der Waals surface area contributed by atoms with Crippen LogP contribution >= 0.6 is 0 Å². The highest BCUT2D eigenvalue weighted by molar-refractivity contribution is 5.96. The van der Waals surface area contributed by atoms with Gasteiger partial charge in [0.05, 0.1) is 37.9 Å². The summed E-state index contributed by atoms with van der Waals surface area (Å²) >= 11 is 0. The van der Waals surface area contributed by atoms with Gasteiger partial charge in [-0.15, -0.1) is 0 Å². The number of hydrogen-bond donors (Lipinski definition) is 3. The molecule has 12 heteroatoms. The van der Waals surface area contributed by atoms with Gasteiger partial charge in [0.2, 0.25) is 5.91 Å². The highest BCUT2D eigenvalue weighted by Gasteiger charge is 2.22. The molecule has 0 aliphatic carbocycles. The van der Waals surface area contributed by atoms with Crippen molar-refractivity contribution in [3.63, 3.8) is 0 Å². The summed E-state index contributed by atoms with van der Waals surface area (Å²) in [4.78, 5) is 24.3. The number of carbonyl (C=O) groups is 1. The van der Waals surface area contributed by atoms with Crippen LogP contribution in [0.25, 0.3) is 10.9 Å². The number of methoxy groups -OCH3 is 1. The topological polar surface area (TPSA) is 143 Å². The quantitative estimate of drug-likeness (QED) is 0.189. The first-order chi connectivity index (χ1) is 19.4. The largest absolute Gasteiger partial charge is 0.493 e. The number of anilines is 3. The Labute approximate surface area is 231 Å². The maximum Gasteiger partial charge on any atom is 0.223 e. The number of aromatic nitrogens is 4. The van der Waals surface area contributed by atoms with Crippen LogP contribution < -0.4 is 20.1 Å². The zero-order valence-corrected chi connectivity index (χ0v) is 22.6. The van der Waals surface area contributed by atoms with Crippen LogP contribution in [0.15, 0.2) is 48.8 Å². The molecule has 0 aliphatic rings. The van der Waals surface area contributed by atoms with Gasteiger partial charge in [-0.3, -0.25) is 14.8 Å². The van der Waals surface area contributed by atoms with Crippen molar-refractivity contribution in [2.75, 3.05) is 44.9 Å². The van der Waals surface area contributed by atoms with Crippen molar-refractivity contribution < 1.29 is 23.8 Å². The van der Waals surface area contributed by atoms with Gasteiger partial charge in [-0.25, -0.2) is 14.4 Å². The SMILES string of the molecule is CCCN(CCO)CCCOc1cc2ncnc(N(c3cccc(F)c3)c3cc(CC(N)=O)[nH]n3)c2cc1OC. The number of hydrogen-bond acceptors (Lipinski definition) is 9. The van der Waals surface area contributed by atoms with E-state index in [9.17, 15) is 14.3 Å². The molecule has 0 fully saturated rings. The Balaban J connectivity index is 1.67. The van der Waals surface area contributed by atoms with E-state index >= 15 is 0 Å². The molecule has 4 N–H and O–H groups in total. The fourth-order valence-corrected chi connectivity index (χ4v) is 4.48. The number of rotatable bonds is 15. The molecule has 40 heavy (non-hydrogen) atoms. The maximum atomic E-state index is 14.3. The van der Waals surface area contributed by atoms with E-state index in [-0.39, 0.29) is 13.0 Å². The zero-order chi connectivity index (χ0) is 28.5. The second-order valence-corrected chi connectivity index (χ2v) is 9.19. The lowest BCUT2D eigenvalue weighted by molar-refractivity contribution is -0.117. The molecule has 4 rings (SSSR count). The number of aliphatic hydroxyl groups is 1. The molecule has 0 saturated heterocycles. The van der Waals surface area contributed by atoms with Gasteiger partial charge < -0.3 is 25.2 Å². The highest BCUT2D eigenvalue weighted by Crippen LogP contribution is 2.40. The molecule has 11 nitrogen and oxygen atoms in total. The van der Waals surface area contributed by atoms with Crippen molar-refractivity contribution in [1.82, 2.24) is 25.1 Å². The Hall–Kier alpha value is -4.29. The molecule has 0 aliphatic heterocycles. The summed E-state index contributed by atoms with van der Waals surface area (Å²) < 4.78 is 26.0. The van der Waals surface area contributed by atoms with Crippen LogP contribution in [-0.2, 0) is 11.2 Å². The predicted molar refractivity (Wildman–Crippen MR) is 150 cm³/mol. The number of primary amides is 1. The van der Waals surface area contributed by atoms with Crippen LogP contribution in [0.5, 0.6) is 11.5 Å². The average molecular weight is 552 g/mol. The summed E-state index contributed by atoms with van der Waals surface area (Å²) in [5, 5.41) is 17.0. The summed E-state index contributed by atoms with van der Waals surface area (Å²) in [7, 11) is 1.55. The van der Waals surface area contributed by atoms with Crippen LogP contribution in [0.3, 0.4) is 0 Å². The van der Waals surface area contributed by atoms with Gasteiger partial charge in [-0.05, 0) is 43.7 Å². The molecule has 212 valence electrons. The van der Waals surface area contributed by atoms with Gasteiger partial charge in [0.15, 0.2) is 17.3 Å². The molecule has 0 bridgehead atoms. The summed E-state index contributed by atoms with van der Waals surface area (Å²) in [6.45, 7) is 5.05. The molecule has 2 aromatic heterocycles. The van der Waals surface area contributed by atoms with Gasteiger partial charge in [0.25, 0.3) is 0 Å².